The molecule has 184 valence electrons. The molecule has 0 saturated carbocycles. The minimum absolute atomic E-state index is 0.228. The highest BCUT2D eigenvalue weighted by molar-refractivity contribution is 6.07. The first-order valence-electron chi connectivity index (χ1n) is 11.9. The van der Waals surface area contributed by atoms with Crippen LogP contribution in [0, 0.1) is 11.8 Å². The van der Waals surface area contributed by atoms with Gasteiger partial charge in [-0.05, 0) is 53.4 Å². The van der Waals surface area contributed by atoms with Crippen LogP contribution in [0.1, 0.15) is 39.2 Å². The fourth-order valence-electron chi connectivity index (χ4n) is 3.71. The minimum atomic E-state index is -0.915. The molecule has 0 aliphatic rings. The van der Waals surface area contributed by atoms with Gasteiger partial charge in [0, 0.05) is 11.3 Å². The van der Waals surface area contributed by atoms with Crippen molar-refractivity contribution in [3.63, 3.8) is 0 Å². The maximum atomic E-state index is 12.9. The van der Waals surface area contributed by atoms with Crippen LogP contribution in [0.3, 0.4) is 0 Å². The molecule has 0 aromatic heterocycles. The number of benzene rings is 3. The summed E-state index contributed by atoms with van der Waals surface area (Å²) >= 11 is 0. The van der Waals surface area contributed by atoms with Gasteiger partial charge in [-0.2, -0.15) is 5.10 Å². The van der Waals surface area contributed by atoms with Crippen molar-refractivity contribution in [2.24, 2.45) is 16.9 Å². The lowest BCUT2D eigenvalue weighted by atomic mass is 9.94. The summed E-state index contributed by atoms with van der Waals surface area (Å²) in [6.45, 7) is 6.36. The quantitative estimate of drug-likeness (QED) is 0.168. The van der Waals surface area contributed by atoms with E-state index in [1.807, 2.05) is 50.2 Å². The molecule has 3 aromatic carbocycles. The third-order valence-corrected chi connectivity index (χ3v) is 5.64. The van der Waals surface area contributed by atoms with Crippen LogP contribution in [0.25, 0.3) is 10.8 Å². The van der Waals surface area contributed by atoms with E-state index in [4.69, 9.17) is 9.47 Å². The largest absolute Gasteiger partial charge is 0.497 e. The summed E-state index contributed by atoms with van der Waals surface area (Å²) in [5.41, 5.74) is 3.92. The van der Waals surface area contributed by atoms with Crippen LogP contribution in [0.4, 0.5) is 5.69 Å². The van der Waals surface area contributed by atoms with Crippen LogP contribution < -0.4 is 20.2 Å². The Bertz CT molecular complexity index is 1170. The van der Waals surface area contributed by atoms with Crippen molar-refractivity contribution in [2.45, 2.75) is 33.6 Å². The van der Waals surface area contributed by atoms with E-state index in [0.717, 1.165) is 29.2 Å². The number of hydrogen-bond acceptors (Lipinski definition) is 5. The molecule has 0 aliphatic carbocycles. The number of hydrazone groups is 1. The summed E-state index contributed by atoms with van der Waals surface area (Å²) in [4.78, 5) is 25.8. The minimum Gasteiger partial charge on any atom is -0.497 e. The number of carbonyl (C=O) groups is 2. The normalized spacial score (nSPS) is 12.0. The third-order valence-electron chi connectivity index (χ3n) is 5.64. The first kappa shape index (κ1) is 25.7. The lowest BCUT2D eigenvalue weighted by molar-refractivity contribution is -0.134. The van der Waals surface area contributed by atoms with E-state index < -0.39 is 17.7 Å². The number of rotatable bonds is 11. The summed E-state index contributed by atoms with van der Waals surface area (Å²) in [5, 5.41) is 9.01. The van der Waals surface area contributed by atoms with Crippen LogP contribution in [0.15, 0.2) is 65.8 Å². The fraction of sp³-hybridized carbons (Fsp3) is 0.321. The van der Waals surface area contributed by atoms with Gasteiger partial charge in [-0.15, -0.1) is 0 Å². The number of unbranched alkanes of at least 4 members (excludes halogenated alkanes) is 1. The van der Waals surface area contributed by atoms with Gasteiger partial charge >= 0.3 is 0 Å². The molecule has 7 heteroatoms. The number of methoxy groups -OCH3 is 1. The van der Waals surface area contributed by atoms with E-state index in [9.17, 15) is 9.59 Å². The molecular weight excluding hydrogens is 442 g/mol. The first-order chi connectivity index (χ1) is 16.9. The van der Waals surface area contributed by atoms with Gasteiger partial charge in [-0.3, -0.25) is 9.59 Å². The second-order valence-corrected chi connectivity index (χ2v) is 8.57. The third kappa shape index (κ3) is 6.82. The molecular formula is C28H33N3O4. The Morgan fingerprint density at radius 1 is 1.00 bits per heavy atom. The van der Waals surface area contributed by atoms with Crippen LogP contribution in [-0.4, -0.2) is 31.7 Å². The number of anilines is 1. The SMILES string of the molecule is CCCCOc1ccc2ccccc2c1C=NNC(=O)C(C(=O)Nc1ccc(OC)cc1)C(C)C. The molecule has 1 unspecified atom stereocenters. The zero-order valence-corrected chi connectivity index (χ0v) is 20.7. The average molecular weight is 476 g/mol. The Balaban J connectivity index is 1.75. The molecule has 0 spiro atoms. The Kier molecular flexibility index (Phi) is 9.23. The highest BCUT2D eigenvalue weighted by Gasteiger charge is 2.30. The van der Waals surface area contributed by atoms with Crippen LogP contribution >= 0.6 is 0 Å². The Morgan fingerprint density at radius 3 is 2.43 bits per heavy atom. The zero-order chi connectivity index (χ0) is 25.2. The van der Waals surface area contributed by atoms with Crippen molar-refractivity contribution in [2.75, 3.05) is 19.0 Å². The molecule has 0 aliphatic heterocycles. The van der Waals surface area contributed by atoms with E-state index in [0.29, 0.717) is 23.8 Å². The van der Waals surface area contributed by atoms with Gasteiger partial charge in [-0.1, -0.05) is 57.5 Å². The van der Waals surface area contributed by atoms with Gasteiger partial charge < -0.3 is 14.8 Å². The van der Waals surface area contributed by atoms with E-state index >= 15 is 0 Å². The monoisotopic (exact) mass is 475 g/mol. The molecule has 0 bridgehead atoms. The maximum Gasteiger partial charge on any atom is 0.252 e. The highest BCUT2D eigenvalue weighted by Crippen LogP contribution is 2.27. The lowest BCUT2D eigenvalue weighted by Gasteiger charge is -2.18. The molecule has 2 N–H and O–H groups in total. The second kappa shape index (κ2) is 12.6. The van der Waals surface area contributed by atoms with Crippen molar-refractivity contribution in [1.82, 2.24) is 5.43 Å². The van der Waals surface area contributed by atoms with Gasteiger partial charge in [0.05, 0.1) is 19.9 Å². The second-order valence-electron chi connectivity index (χ2n) is 8.57. The summed E-state index contributed by atoms with van der Waals surface area (Å²) in [5.74, 6) is -0.631. The topological polar surface area (TPSA) is 89.0 Å². The van der Waals surface area contributed by atoms with Crippen molar-refractivity contribution in [1.29, 1.82) is 0 Å². The van der Waals surface area contributed by atoms with Gasteiger partial charge in [-0.25, -0.2) is 5.43 Å². The molecule has 3 aromatic rings. The smallest absolute Gasteiger partial charge is 0.252 e. The van der Waals surface area contributed by atoms with E-state index in [-0.39, 0.29) is 5.92 Å². The molecule has 2 amide bonds. The van der Waals surface area contributed by atoms with Crippen molar-refractivity contribution in [3.8, 4) is 11.5 Å². The van der Waals surface area contributed by atoms with Crippen LogP contribution in [0.5, 0.6) is 11.5 Å². The number of carbonyl (C=O) groups excluding carboxylic acids is 2. The van der Waals surface area contributed by atoms with E-state index in [1.165, 1.54) is 0 Å². The number of amides is 2. The predicted octanol–water partition coefficient (Wildman–Crippen LogP) is 5.39. The number of fused-ring (bicyclic) bond motifs is 1. The predicted molar refractivity (Wildman–Crippen MR) is 140 cm³/mol. The average Bonchev–Trinajstić information content (AvgIpc) is 2.85. The van der Waals surface area contributed by atoms with E-state index in [1.54, 1.807) is 37.6 Å². The lowest BCUT2D eigenvalue weighted by Crippen LogP contribution is -2.39. The van der Waals surface area contributed by atoms with Gasteiger partial charge in [0.25, 0.3) is 5.91 Å². The molecule has 0 saturated heterocycles. The molecule has 1 atom stereocenters. The molecule has 0 heterocycles. The molecule has 0 fully saturated rings. The Morgan fingerprint density at radius 2 is 1.74 bits per heavy atom. The maximum absolute atomic E-state index is 12.9. The zero-order valence-electron chi connectivity index (χ0n) is 20.7. The van der Waals surface area contributed by atoms with Gasteiger partial charge in [0.15, 0.2) is 0 Å². The van der Waals surface area contributed by atoms with Crippen molar-refractivity contribution < 1.29 is 19.1 Å². The van der Waals surface area contributed by atoms with Crippen molar-refractivity contribution in [3.05, 3.63) is 66.2 Å². The molecule has 7 nitrogen and oxygen atoms in total. The molecule has 3 rings (SSSR count). The van der Waals surface area contributed by atoms with Gasteiger partial charge in [0.1, 0.15) is 17.4 Å². The number of ether oxygens (including phenoxy) is 2. The fourth-order valence-corrected chi connectivity index (χ4v) is 3.71. The number of hydrogen-bond donors (Lipinski definition) is 2. The van der Waals surface area contributed by atoms with Crippen LogP contribution in [0.2, 0.25) is 0 Å². The number of nitrogens with zero attached hydrogens (tertiary/aromatic N) is 1. The molecule has 35 heavy (non-hydrogen) atoms. The number of nitrogens with one attached hydrogen (secondary N) is 2. The Hall–Kier alpha value is -3.87. The van der Waals surface area contributed by atoms with E-state index in [2.05, 4.69) is 22.8 Å². The van der Waals surface area contributed by atoms with Gasteiger partial charge in [0.2, 0.25) is 5.91 Å². The van der Waals surface area contributed by atoms with Crippen molar-refractivity contribution >= 4 is 34.5 Å². The summed E-state index contributed by atoms with van der Waals surface area (Å²) < 4.78 is 11.1. The summed E-state index contributed by atoms with van der Waals surface area (Å²) in [7, 11) is 1.58. The summed E-state index contributed by atoms with van der Waals surface area (Å²) in [6.07, 6.45) is 3.56. The summed E-state index contributed by atoms with van der Waals surface area (Å²) in [6, 6.07) is 18.8. The Labute approximate surface area is 206 Å². The van der Waals surface area contributed by atoms with Crippen LogP contribution in [-0.2, 0) is 9.59 Å². The first-order valence-corrected chi connectivity index (χ1v) is 11.9. The highest BCUT2D eigenvalue weighted by atomic mass is 16.5. The molecule has 0 radical (unpaired) electrons. The standard InChI is InChI=1S/C28H33N3O4/c1-5-6-17-35-25-16-11-20-9-7-8-10-23(20)24(25)18-29-31-28(33)26(19(2)3)27(32)30-21-12-14-22(34-4)15-13-21/h7-16,18-19,26H,5-6,17H2,1-4H3,(H,30,32)(H,31,33).